The first-order valence-corrected chi connectivity index (χ1v) is 8.25. The average Bonchev–Trinajstić information content (AvgIpc) is 3.18. The minimum absolute atomic E-state index is 0.0500. The molecule has 23 heavy (non-hydrogen) atoms. The van der Waals surface area contributed by atoms with Gasteiger partial charge in [-0.15, -0.1) is 11.3 Å². The molecule has 1 N–H and O–H groups in total. The molecule has 0 aliphatic rings. The van der Waals surface area contributed by atoms with E-state index in [1.165, 1.54) is 11.3 Å². The maximum absolute atomic E-state index is 12.5. The molecule has 118 valence electrons. The van der Waals surface area contributed by atoms with Crippen LogP contribution in [0.2, 0.25) is 0 Å². The summed E-state index contributed by atoms with van der Waals surface area (Å²) in [5, 5.41) is 11.6. The normalized spacial score (nSPS) is 10.8. The van der Waals surface area contributed by atoms with Gasteiger partial charge in [-0.3, -0.25) is 9.78 Å². The second-order valence-electron chi connectivity index (χ2n) is 5.18. The Balaban J connectivity index is 1.71. The van der Waals surface area contributed by atoms with Crippen LogP contribution in [-0.4, -0.2) is 32.0 Å². The second-order valence-corrected chi connectivity index (χ2v) is 6.13. The summed E-state index contributed by atoms with van der Waals surface area (Å²) in [4.78, 5) is 20.9. The van der Waals surface area contributed by atoms with Crippen molar-refractivity contribution in [2.75, 3.05) is 6.61 Å². The molecule has 3 rings (SSSR count). The first kappa shape index (κ1) is 15.6. The van der Waals surface area contributed by atoms with Crippen molar-refractivity contribution in [3.05, 3.63) is 70.2 Å². The molecule has 0 aromatic carbocycles. The zero-order valence-corrected chi connectivity index (χ0v) is 13.4. The van der Waals surface area contributed by atoms with E-state index in [0.29, 0.717) is 18.7 Å². The van der Waals surface area contributed by atoms with Crippen molar-refractivity contribution in [3.63, 3.8) is 0 Å². The van der Waals surface area contributed by atoms with Crippen LogP contribution in [-0.2, 0) is 19.4 Å². The molecular formula is C17H17N3O2S. The van der Waals surface area contributed by atoms with Gasteiger partial charge in [0, 0.05) is 43.5 Å². The number of aliphatic hydroxyl groups is 1. The van der Waals surface area contributed by atoms with Crippen LogP contribution in [0.3, 0.4) is 0 Å². The molecule has 3 aromatic heterocycles. The van der Waals surface area contributed by atoms with Crippen LogP contribution >= 0.6 is 11.3 Å². The average molecular weight is 327 g/mol. The minimum atomic E-state index is 0.0500. The summed E-state index contributed by atoms with van der Waals surface area (Å²) in [7, 11) is 0. The van der Waals surface area contributed by atoms with Crippen LogP contribution in [0.15, 0.2) is 48.2 Å². The molecule has 0 unspecified atom stereocenters. The van der Waals surface area contributed by atoms with Crippen molar-refractivity contribution >= 4 is 17.1 Å². The largest absolute Gasteiger partial charge is 0.396 e. The Morgan fingerprint density at radius 2 is 2.09 bits per heavy atom. The number of thiazole rings is 1. The van der Waals surface area contributed by atoms with Crippen LogP contribution in [0.1, 0.15) is 26.8 Å². The lowest BCUT2D eigenvalue weighted by Crippen LogP contribution is -2.11. The maximum Gasteiger partial charge on any atom is 0.186 e. The summed E-state index contributed by atoms with van der Waals surface area (Å²) < 4.78 is 1.94. The summed E-state index contributed by atoms with van der Waals surface area (Å²) in [6, 6.07) is 7.60. The van der Waals surface area contributed by atoms with Crippen molar-refractivity contribution in [1.29, 1.82) is 0 Å². The highest BCUT2D eigenvalue weighted by Crippen LogP contribution is 2.15. The van der Waals surface area contributed by atoms with E-state index in [4.69, 9.17) is 5.11 Å². The number of hydrogen-bond acceptors (Lipinski definition) is 5. The Morgan fingerprint density at radius 3 is 2.87 bits per heavy atom. The van der Waals surface area contributed by atoms with Gasteiger partial charge in [0.1, 0.15) is 5.01 Å². The summed E-state index contributed by atoms with van der Waals surface area (Å²) in [5.41, 5.74) is 2.62. The molecule has 0 amide bonds. The molecule has 0 spiro atoms. The lowest BCUT2D eigenvalue weighted by molar-refractivity contribution is 0.0984. The number of aromatic nitrogens is 3. The third-order valence-corrected chi connectivity index (χ3v) is 4.39. The summed E-state index contributed by atoms with van der Waals surface area (Å²) in [5.74, 6) is 0.0500. The molecule has 0 saturated heterocycles. The van der Waals surface area contributed by atoms with Gasteiger partial charge in [0.2, 0.25) is 0 Å². The number of hydrogen-bond donors (Lipinski definition) is 1. The van der Waals surface area contributed by atoms with E-state index in [9.17, 15) is 4.79 Å². The quantitative estimate of drug-likeness (QED) is 0.676. The standard InChI is InChI=1S/C17H17N3O2S/c21-9-5-14-12-23-17(19-14)10-16(22)15-2-1-8-20(15)11-13-3-6-18-7-4-13/h1-4,6-8,12,21H,5,9-11H2. The van der Waals surface area contributed by atoms with E-state index in [2.05, 4.69) is 9.97 Å². The van der Waals surface area contributed by atoms with Gasteiger partial charge in [-0.05, 0) is 29.8 Å². The molecule has 5 nitrogen and oxygen atoms in total. The van der Waals surface area contributed by atoms with Gasteiger partial charge < -0.3 is 9.67 Å². The Bertz CT molecular complexity index is 780. The lowest BCUT2D eigenvalue weighted by atomic mass is 10.2. The molecule has 0 radical (unpaired) electrons. The number of carbonyl (C=O) groups is 1. The fourth-order valence-corrected chi connectivity index (χ4v) is 3.20. The predicted molar refractivity (Wildman–Crippen MR) is 88.7 cm³/mol. The fraction of sp³-hybridized carbons (Fsp3) is 0.235. The van der Waals surface area contributed by atoms with Crippen molar-refractivity contribution in [2.45, 2.75) is 19.4 Å². The van der Waals surface area contributed by atoms with Crippen LogP contribution in [0.4, 0.5) is 0 Å². The number of carbonyl (C=O) groups excluding carboxylic acids is 1. The van der Waals surface area contributed by atoms with Crippen LogP contribution in [0, 0.1) is 0 Å². The fourth-order valence-electron chi connectivity index (χ4n) is 2.38. The van der Waals surface area contributed by atoms with Gasteiger partial charge >= 0.3 is 0 Å². The molecule has 0 aliphatic carbocycles. The number of ketones is 1. The van der Waals surface area contributed by atoms with Crippen LogP contribution < -0.4 is 0 Å². The lowest BCUT2D eigenvalue weighted by Gasteiger charge is -2.08. The Hall–Kier alpha value is -2.31. The molecule has 3 heterocycles. The molecular weight excluding hydrogens is 310 g/mol. The monoisotopic (exact) mass is 327 g/mol. The predicted octanol–water partition coefficient (Wildman–Crippen LogP) is 2.35. The number of rotatable bonds is 7. The van der Waals surface area contributed by atoms with E-state index in [0.717, 1.165) is 16.3 Å². The highest BCUT2D eigenvalue weighted by Gasteiger charge is 2.14. The Morgan fingerprint density at radius 1 is 1.26 bits per heavy atom. The van der Waals surface area contributed by atoms with Gasteiger partial charge in [-0.25, -0.2) is 4.98 Å². The summed E-state index contributed by atoms with van der Waals surface area (Å²) in [6.07, 6.45) is 6.23. The van der Waals surface area contributed by atoms with E-state index in [1.54, 1.807) is 12.4 Å². The molecule has 0 aliphatic heterocycles. The van der Waals surface area contributed by atoms with Crippen LogP contribution in [0.5, 0.6) is 0 Å². The SMILES string of the molecule is O=C(Cc1nc(CCO)cs1)c1cccn1Cc1ccncc1. The second kappa shape index (κ2) is 7.30. The summed E-state index contributed by atoms with van der Waals surface area (Å²) >= 11 is 1.46. The molecule has 6 heteroatoms. The molecule has 3 aromatic rings. The third kappa shape index (κ3) is 3.91. The van der Waals surface area contributed by atoms with Crippen molar-refractivity contribution in [2.24, 2.45) is 0 Å². The Labute approximate surface area is 138 Å². The highest BCUT2D eigenvalue weighted by atomic mass is 32.1. The van der Waals surface area contributed by atoms with Gasteiger partial charge in [0.05, 0.1) is 17.8 Å². The maximum atomic E-state index is 12.5. The zero-order chi connectivity index (χ0) is 16.1. The number of pyridine rings is 1. The molecule has 0 bridgehead atoms. The van der Waals surface area contributed by atoms with Crippen molar-refractivity contribution in [1.82, 2.24) is 14.5 Å². The number of aliphatic hydroxyl groups excluding tert-OH is 1. The van der Waals surface area contributed by atoms with Gasteiger partial charge in [0.25, 0.3) is 0 Å². The Kier molecular flexibility index (Phi) is 4.95. The van der Waals surface area contributed by atoms with E-state index >= 15 is 0 Å². The van der Waals surface area contributed by atoms with E-state index in [1.807, 2.05) is 40.4 Å². The first-order chi connectivity index (χ1) is 11.3. The van der Waals surface area contributed by atoms with Gasteiger partial charge in [-0.1, -0.05) is 0 Å². The van der Waals surface area contributed by atoms with E-state index in [-0.39, 0.29) is 18.8 Å². The van der Waals surface area contributed by atoms with Crippen molar-refractivity contribution in [3.8, 4) is 0 Å². The third-order valence-electron chi connectivity index (χ3n) is 3.50. The van der Waals surface area contributed by atoms with Gasteiger partial charge in [0.15, 0.2) is 5.78 Å². The topological polar surface area (TPSA) is 68.0 Å². The van der Waals surface area contributed by atoms with Crippen LogP contribution in [0.25, 0.3) is 0 Å². The van der Waals surface area contributed by atoms with E-state index < -0.39 is 0 Å². The highest BCUT2D eigenvalue weighted by molar-refractivity contribution is 7.09. The number of Topliss-reactive ketones (excluding diaryl/α,β-unsaturated/α-hetero) is 1. The van der Waals surface area contributed by atoms with Gasteiger partial charge in [-0.2, -0.15) is 0 Å². The minimum Gasteiger partial charge on any atom is -0.396 e. The number of nitrogens with zero attached hydrogens (tertiary/aromatic N) is 3. The van der Waals surface area contributed by atoms with Crippen molar-refractivity contribution < 1.29 is 9.90 Å². The smallest absolute Gasteiger partial charge is 0.186 e. The molecule has 0 saturated carbocycles. The first-order valence-electron chi connectivity index (χ1n) is 7.37. The summed E-state index contributed by atoms with van der Waals surface area (Å²) in [6.45, 7) is 0.718. The molecule has 0 fully saturated rings. The molecule has 0 atom stereocenters. The zero-order valence-electron chi connectivity index (χ0n) is 12.6.